The summed E-state index contributed by atoms with van der Waals surface area (Å²) in [4.78, 5) is 15.6. The highest BCUT2D eigenvalue weighted by atomic mass is 79.9. The van der Waals surface area contributed by atoms with Crippen LogP contribution in [0.15, 0.2) is 47.1 Å². The van der Waals surface area contributed by atoms with E-state index >= 15 is 0 Å². The van der Waals surface area contributed by atoms with E-state index in [0.29, 0.717) is 24.3 Å². The Labute approximate surface area is 124 Å². The minimum absolute atomic E-state index is 0.260. The summed E-state index contributed by atoms with van der Waals surface area (Å²) in [5.41, 5.74) is 0.578. The average molecular weight is 338 g/mol. The first kappa shape index (κ1) is 14.5. The van der Waals surface area contributed by atoms with Crippen molar-refractivity contribution in [2.75, 3.05) is 11.9 Å². The molecular formula is C14H13BrFN3O. The normalized spacial score (nSPS) is 10.1. The highest BCUT2D eigenvalue weighted by molar-refractivity contribution is 9.10. The topological polar surface area (TPSA) is 54.0 Å². The van der Waals surface area contributed by atoms with Gasteiger partial charge < -0.3 is 5.32 Å². The number of nitrogens with zero attached hydrogens (tertiary/aromatic N) is 1. The minimum Gasteiger partial charge on any atom is -0.337 e. The van der Waals surface area contributed by atoms with Crippen LogP contribution in [0.1, 0.15) is 5.56 Å². The number of aromatic nitrogens is 1. The molecule has 20 heavy (non-hydrogen) atoms. The first-order chi connectivity index (χ1) is 9.65. The van der Waals surface area contributed by atoms with Gasteiger partial charge >= 0.3 is 6.03 Å². The van der Waals surface area contributed by atoms with Crippen molar-refractivity contribution in [1.29, 1.82) is 0 Å². The molecule has 0 atom stereocenters. The fourth-order valence-corrected chi connectivity index (χ4v) is 1.86. The molecule has 0 saturated carbocycles. The molecule has 1 heterocycles. The van der Waals surface area contributed by atoms with Crippen molar-refractivity contribution < 1.29 is 9.18 Å². The molecule has 6 heteroatoms. The van der Waals surface area contributed by atoms with Crippen LogP contribution in [-0.4, -0.2) is 17.6 Å². The van der Waals surface area contributed by atoms with E-state index in [1.807, 2.05) is 0 Å². The highest BCUT2D eigenvalue weighted by Crippen LogP contribution is 2.10. The third-order valence-electron chi connectivity index (χ3n) is 2.61. The molecule has 2 rings (SSSR count). The Bertz CT molecular complexity index is 589. The van der Waals surface area contributed by atoms with E-state index in [2.05, 4.69) is 31.5 Å². The number of halogens is 2. The number of benzene rings is 1. The van der Waals surface area contributed by atoms with Gasteiger partial charge in [0.15, 0.2) is 0 Å². The predicted molar refractivity (Wildman–Crippen MR) is 79.1 cm³/mol. The van der Waals surface area contributed by atoms with E-state index in [4.69, 9.17) is 0 Å². The van der Waals surface area contributed by atoms with Crippen LogP contribution in [0.4, 0.5) is 15.0 Å². The Balaban J connectivity index is 1.78. The van der Waals surface area contributed by atoms with Gasteiger partial charge in [-0.1, -0.05) is 18.2 Å². The monoisotopic (exact) mass is 337 g/mol. The summed E-state index contributed by atoms with van der Waals surface area (Å²) in [5, 5.41) is 5.25. The van der Waals surface area contributed by atoms with Crippen molar-refractivity contribution >= 4 is 27.8 Å². The zero-order chi connectivity index (χ0) is 14.4. The van der Waals surface area contributed by atoms with Gasteiger partial charge in [0, 0.05) is 17.2 Å². The second-order valence-electron chi connectivity index (χ2n) is 4.08. The summed E-state index contributed by atoms with van der Waals surface area (Å²) in [6, 6.07) is 9.60. The first-order valence-electron chi connectivity index (χ1n) is 6.05. The predicted octanol–water partition coefficient (Wildman–Crippen LogP) is 3.35. The first-order valence-corrected chi connectivity index (χ1v) is 6.84. The van der Waals surface area contributed by atoms with Crippen LogP contribution < -0.4 is 10.6 Å². The maximum Gasteiger partial charge on any atom is 0.320 e. The SMILES string of the molecule is O=C(NCCc1ccccc1F)Nc1ccc(Br)cn1. The van der Waals surface area contributed by atoms with Crippen molar-refractivity contribution in [3.05, 3.63) is 58.4 Å². The summed E-state index contributed by atoms with van der Waals surface area (Å²) in [6.45, 7) is 0.350. The van der Waals surface area contributed by atoms with Gasteiger partial charge in [-0.25, -0.2) is 14.2 Å². The molecule has 1 aromatic carbocycles. The van der Waals surface area contributed by atoms with Crippen molar-refractivity contribution in [3.8, 4) is 0 Å². The van der Waals surface area contributed by atoms with Crippen molar-refractivity contribution in [2.24, 2.45) is 0 Å². The number of hydrogen-bond acceptors (Lipinski definition) is 2. The number of pyridine rings is 1. The Kier molecular flexibility index (Phi) is 5.06. The quantitative estimate of drug-likeness (QED) is 0.898. The van der Waals surface area contributed by atoms with E-state index in [-0.39, 0.29) is 11.8 Å². The van der Waals surface area contributed by atoms with Gasteiger partial charge in [0.2, 0.25) is 0 Å². The molecule has 0 bridgehead atoms. The molecule has 1 aromatic heterocycles. The number of carbonyl (C=O) groups is 1. The molecular weight excluding hydrogens is 325 g/mol. The van der Waals surface area contributed by atoms with Gasteiger partial charge in [-0.05, 0) is 46.1 Å². The summed E-state index contributed by atoms with van der Waals surface area (Å²) >= 11 is 3.26. The lowest BCUT2D eigenvalue weighted by atomic mass is 10.1. The number of nitrogens with one attached hydrogen (secondary N) is 2. The van der Waals surface area contributed by atoms with Gasteiger partial charge in [0.05, 0.1) is 0 Å². The molecule has 0 unspecified atom stereocenters. The van der Waals surface area contributed by atoms with Crippen LogP contribution in [0.25, 0.3) is 0 Å². The van der Waals surface area contributed by atoms with Gasteiger partial charge in [-0.15, -0.1) is 0 Å². The van der Waals surface area contributed by atoms with Crippen LogP contribution in [-0.2, 0) is 6.42 Å². The fourth-order valence-electron chi connectivity index (χ4n) is 1.62. The maximum atomic E-state index is 13.4. The van der Waals surface area contributed by atoms with Crippen molar-refractivity contribution in [1.82, 2.24) is 10.3 Å². The number of hydrogen-bond donors (Lipinski definition) is 2. The molecule has 2 N–H and O–H groups in total. The summed E-state index contributed by atoms with van der Waals surface area (Å²) in [5.74, 6) is 0.195. The number of amides is 2. The zero-order valence-electron chi connectivity index (χ0n) is 10.6. The van der Waals surface area contributed by atoms with Crippen molar-refractivity contribution in [2.45, 2.75) is 6.42 Å². The number of anilines is 1. The van der Waals surface area contributed by atoms with E-state index in [9.17, 15) is 9.18 Å². The van der Waals surface area contributed by atoms with E-state index in [1.165, 1.54) is 6.07 Å². The van der Waals surface area contributed by atoms with Crippen molar-refractivity contribution in [3.63, 3.8) is 0 Å². The van der Waals surface area contributed by atoms with Gasteiger partial charge in [-0.2, -0.15) is 0 Å². The molecule has 2 amide bonds. The molecule has 104 valence electrons. The lowest BCUT2D eigenvalue weighted by Gasteiger charge is -2.07. The van der Waals surface area contributed by atoms with Gasteiger partial charge in [-0.3, -0.25) is 5.32 Å². The minimum atomic E-state index is -0.365. The molecule has 0 aliphatic heterocycles. The van der Waals surface area contributed by atoms with Crippen LogP contribution in [0.5, 0.6) is 0 Å². The molecule has 0 aliphatic carbocycles. The largest absolute Gasteiger partial charge is 0.337 e. The van der Waals surface area contributed by atoms with Gasteiger partial charge in [0.1, 0.15) is 11.6 Å². The zero-order valence-corrected chi connectivity index (χ0v) is 12.2. The molecule has 0 saturated heterocycles. The second-order valence-corrected chi connectivity index (χ2v) is 5.00. The van der Waals surface area contributed by atoms with Gasteiger partial charge in [0.25, 0.3) is 0 Å². The van der Waals surface area contributed by atoms with E-state index in [1.54, 1.807) is 36.5 Å². The Hall–Kier alpha value is -1.95. The fraction of sp³-hybridized carbons (Fsp3) is 0.143. The summed E-state index contributed by atoms with van der Waals surface area (Å²) < 4.78 is 14.2. The van der Waals surface area contributed by atoms with E-state index < -0.39 is 0 Å². The second kappa shape index (κ2) is 7.00. The number of rotatable bonds is 4. The lowest BCUT2D eigenvalue weighted by Crippen LogP contribution is -2.30. The summed E-state index contributed by atoms with van der Waals surface area (Å²) in [6.07, 6.45) is 2.03. The molecule has 0 aliphatic rings. The smallest absolute Gasteiger partial charge is 0.320 e. The Morgan fingerprint density at radius 2 is 2.05 bits per heavy atom. The van der Waals surface area contributed by atoms with Crippen LogP contribution >= 0.6 is 15.9 Å². The molecule has 0 radical (unpaired) electrons. The number of carbonyl (C=O) groups excluding carboxylic acids is 1. The molecule has 2 aromatic rings. The Morgan fingerprint density at radius 3 is 2.75 bits per heavy atom. The lowest BCUT2D eigenvalue weighted by molar-refractivity contribution is 0.252. The third-order valence-corrected chi connectivity index (χ3v) is 3.08. The number of urea groups is 1. The molecule has 4 nitrogen and oxygen atoms in total. The standard InChI is InChI=1S/C14H13BrFN3O/c15-11-5-6-13(18-9-11)19-14(20)17-8-7-10-3-1-2-4-12(10)16/h1-6,9H,7-8H2,(H2,17,18,19,20). The maximum absolute atomic E-state index is 13.4. The van der Waals surface area contributed by atoms with E-state index in [0.717, 1.165) is 4.47 Å². The highest BCUT2D eigenvalue weighted by Gasteiger charge is 2.04. The van der Waals surface area contributed by atoms with Crippen LogP contribution in [0.2, 0.25) is 0 Å². The van der Waals surface area contributed by atoms with Crippen LogP contribution in [0.3, 0.4) is 0 Å². The third kappa shape index (κ3) is 4.31. The molecule has 0 fully saturated rings. The van der Waals surface area contributed by atoms with Crippen LogP contribution in [0, 0.1) is 5.82 Å². The summed E-state index contributed by atoms with van der Waals surface area (Å²) in [7, 11) is 0. The Morgan fingerprint density at radius 1 is 1.25 bits per heavy atom. The average Bonchev–Trinajstić information content (AvgIpc) is 2.43. The molecule has 0 spiro atoms.